The molecule has 18 heavy (non-hydrogen) atoms. The molecule has 7 heteroatoms. The number of ether oxygens (including phenoxy) is 1. The maximum Gasteiger partial charge on any atom is 0.226 e. The van der Waals surface area contributed by atoms with Crippen LogP contribution in [0.1, 0.15) is 5.82 Å². The van der Waals surface area contributed by atoms with Gasteiger partial charge in [-0.15, -0.1) is 0 Å². The summed E-state index contributed by atoms with van der Waals surface area (Å²) in [7, 11) is 0. The number of fused-ring (bicyclic) bond motifs is 1. The second-order valence-electron chi connectivity index (χ2n) is 4.06. The zero-order valence-electron chi connectivity index (χ0n) is 9.93. The summed E-state index contributed by atoms with van der Waals surface area (Å²) in [6.07, 6.45) is 1.69. The molecule has 0 atom stereocenters. The van der Waals surface area contributed by atoms with E-state index >= 15 is 0 Å². The van der Waals surface area contributed by atoms with E-state index in [2.05, 4.69) is 24.8 Å². The van der Waals surface area contributed by atoms with Crippen LogP contribution < -0.4 is 4.90 Å². The van der Waals surface area contributed by atoms with E-state index in [1.807, 2.05) is 0 Å². The highest BCUT2D eigenvalue weighted by molar-refractivity contribution is 6.33. The highest BCUT2D eigenvalue weighted by atomic mass is 35.5. The summed E-state index contributed by atoms with van der Waals surface area (Å²) in [5, 5.41) is 0.370. The van der Waals surface area contributed by atoms with Gasteiger partial charge in [-0.3, -0.25) is 0 Å². The lowest BCUT2D eigenvalue weighted by Crippen LogP contribution is -2.37. The molecule has 0 bridgehead atoms. The summed E-state index contributed by atoms with van der Waals surface area (Å²) in [4.78, 5) is 19.2. The maximum atomic E-state index is 6.09. The van der Waals surface area contributed by atoms with Gasteiger partial charge in [0, 0.05) is 13.1 Å². The first-order valence-electron chi connectivity index (χ1n) is 5.73. The molecule has 6 nitrogen and oxygen atoms in total. The van der Waals surface area contributed by atoms with Crippen molar-refractivity contribution in [2.24, 2.45) is 0 Å². The third-order valence-corrected chi connectivity index (χ3v) is 3.05. The third-order valence-electron chi connectivity index (χ3n) is 2.79. The fourth-order valence-corrected chi connectivity index (χ4v) is 2.17. The molecular formula is C11H12ClN5O. The average Bonchev–Trinajstić information content (AvgIpc) is 2.39. The van der Waals surface area contributed by atoms with Crippen molar-refractivity contribution in [3.8, 4) is 0 Å². The van der Waals surface area contributed by atoms with Crippen LogP contribution in [0.4, 0.5) is 5.95 Å². The van der Waals surface area contributed by atoms with Crippen LogP contribution in [0.3, 0.4) is 0 Å². The summed E-state index contributed by atoms with van der Waals surface area (Å²) in [5.74, 6) is 1.27. The summed E-state index contributed by atoms with van der Waals surface area (Å²) < 4.78 is 5.30. The van der Waals surface area contributed by atoms with Crippen LogP contribution in [-0.2, 0) is 4.74 Å². The zero-order chi connectivity index (χ0) is 12.5. The second kappa shape index (κ2) is 4.62. The fourth-order valence-electron chi connectivity index (χ4n) is 1.91. The zero-order valence-corrected chi connectivity index (χ0v) is 10.7. The Morgan fingerprint density at radius 1 is 1.22 bits per heavy atom. The largest absolute Gasteiger partial charge is 0.378 e. The van der Waals surface area contributed by atoms with Crippen molar-refractivity contribution < 1.29 is 4.74 Å². The predicted octanol–water partition coefficient (Wildman–Crippen LogP) is 1.22. The van der Waals surface area contributed by atoms with Crippen LogP contribution in [-0.4, -0.2) is 46.2 Å². The summed E-state index contributed by atoms with van der Waals surface area (Å²) in [6, 6.07) is 0. The molecule has 1 saturated heterocycles. The molecule has 1 aliphatic heterocycles. The molecule has 2 aromatic heterocycles. The molecule has 0 N–H and O–H groups in total. The Labute approximate surface area is 109 Å². The van der Waals surface area contributed by atoms with Gasteiger partial charge >= 0.3 is 0 Å². The third kappa shape index (κ3) is 2.09. The SMILES string of the molecule is Cc1nc(Cl)c2nc(N3CCOCC3)ncc2n1. The van der Waals surface area contributed by atoms with E-state index in [1.165, 1.54) is 0 Å². The first-order chi connectivity index (χ1) is 8.74. The van der Waals surface area contributed by atoms with Gasteiger partial charge < -0.3 is 9.64 Å². The fraction of sp³-hybridized carbons (Fsp3) is 0.455. The van der Waals surface area contributed by atoms with E-state index in [1.54, 1.807) is 13.1 Å². The van der Waals surface area contributed by atoms with E-state index in [-0.39, 0.29) is 0 Å². The monoisotopic (exact) mass is 265 g/mol. The summed E-state index contributed by atoms with van der Waals surface area (Å²) >= 11 is 6.09. The topological polar surface area (TPSA) is 64.0 Å². The Bertz CT molecular complexity index is 585. The molecule has 0 saturated carbocycles. The number of nitrogens with zero attached hydrogens (tertiary/aromatic N) is 5. The van der Waals surface area contributed by atoms with Crippen LogP contribution in [0, 0.1) is 6.92 Å². The molecule has 0 aromatic carbocycles. The van der Waals surface area contributed by atoms with Crippen LogP contribution in [0.2, 0.25) is 5.15 Å². The van der Waals surface area contributed by atoms with Crippen LogP contribution >= 0.6 is 11.6 Å². The molecule has 1 aliphatic rings. The number of halogens is 1. The van der Waals surface area contributed by atoms with E-state index in [9.17, 15) is 0 Å². The molecule has 94 valence electrons. The number of rotatable bonds is 1. The minimum Gasteiger partial charge on any atom is -0.378 e. The second-order valence-corrected chi connectivity index (χ2v) is 4.42. The molecule has 0 aliphatic carbocycles. The molecule has 0 spiro atoms. The molecule has 0 radical (unpaired) electrons. The van der Waals surface area contributed by atoms with E-state index in [0.717, 1.165) is 13.1 Å². The molecule has 0 unspecified atom stereocenters. The van der Waals surface area contributed by atoms with Crippen LogP contribution in [0.15, 0.2) is 6.20 Å². The normalized spacial score (nSPS) is 16.2. The Morgan fingerprint density at radius 3 is 2.78 bits per heavy atom. The highest BCUT2D eigenvalue weighted by Gasteiger charge is 2.15. The van der Waals surface area contributed by atoms with Crippen LogP contribution in [0.5, 0.6) is 0 Å². The van der Waals surface area contributed by atoms with Gasteiger partial charge in [-0.05, 0) is 6.92 Å². The van der Waals surface area contributed by atoms with Crippen molar-refractivity contribution in [1.29, 1.82) is 0 Å². The predicted molar refractivity (Wildman–Crippen MR) is 67.9 cm³/mol. The van der Waals surface area contributed by atoms with Gasteiger partial charge in [0.05, 0.1) is 19.4 Å². The van der Waals surface area contributed by atoms with E-state index in [0.29, 0.717) is 41.2 Å². The number of hydrogen-bond acceptors (Lipinski definition) is 6. The lowest BCUT2D eigenvalue weighted by Gasteiger charge is -2.26. The lowest BCUT2D eigenvalue weighted by atomic mass is 10.4. The molecule has 2 aromatic rings. The summed E-state index contributed by atoms with van der Waals surface area (Å²) in [6.45, 7) is 4.76. The quantitative estimate of drug-likeness (QED) is 0.723. The number of aryl methyl sites for hydroxylation is 1. The van der Waals surface area contributed by atoms with E-state index < -0.39 is 0 Å². The first-order valence-corrected chi connectivity index (χ1v) is 6.11. The number of aromatic nitrogens is 4. The van der Waals surface area contributed by atoms with Gasteiger partial charge in [-0.1, -0.05) is 11.6 Å². The van der Waals surface area contributed by atoms with E-state index in [4.69, 9.17) is 16.3 Å². The standard InChI is InChI=1S/C11H12ClN5O/c1-7-14-8-6-13-11(16-9(8)10(12)15-7)17-2-4-18-5-3-17/h6H,2-5H2,1H3. The van der Waals surface area contributed by atoms with Crippen molar-refractivity contribution in [3.05, 3.63) is 17.2 Å². The number of hydrogen-bond donors (Lipinski definition) is 0. The Kier molecular flexibility index (Phi) is 2.97. The summed E-state index contributed by atoms with van der Waals surface area (Å²) in [5.41, 5.74) is 1.27. The Morgan fingerprint density at radius 2 is 2.00 bits per heavy atom. The number of morpholine rings is 1. The minimum atomic E-state index is 0.370. The van der Waals surface area contributed by atoms with Gasteiger partial charge in [0.1, 0.15) is 16.9 Å². The molecule has 0 amide bonds. The van der Waals surface area contributed by atoms with Crippen molar-refractivity contribution in [3.63, 3.8) is 0 Å². The number of anilines is 1. The van der Waals surface area contributed by atoms with Gasteiger partial charge in [0.15, 0.2) is 5.15 Å². The lowest BCUT2D eigenvalue weighted by molar-refractivity contribution is 0.122. The minimum absolute atomic E-state index is 0.370. The molecule has 3 rings (SSSR count). The van der Waals surface area contributed by atoms with Gasteiger partial charge in [0.2, 0.25) is 5.95 Å². The maximum absolute atomic E-state index is 6.09. The van der Waals surface area contributed by atoms with Crippen molar-refractivity contribution in [2.45, 2.75) is 6.92 Å². The van der Waals surface area contributed by atoms with Gasteiger partial charge in [-0.25, -0.2) is 19.9 Å². The van der Waals surface area contributed by atoms with Crippen molar-refractivity contribution >= 4 is 28.6 Å². The smallest absolute Gasteiger partial charge is 0.226 e. The first kappa shape index (κ1) is 11.6. The molecule has 3 heterocycles. The average molecular weight is 266 g/mol. The van der Waals surface area contributed by atoms with Crippen molar-refractivity contribution in [1.82, 2.24) is 19.9 Å². The van der Waals surface area contributed by atoms with Crippen LogP contribution in [0.25, 0.3) is 11.0 Å². The molecular weight excluding hydrogens is 254 g/mol. The Hall–Kier alpha value is -1.53. The molecule has 1 fully saturated rings. The van der Waals surface area contributed by atoms with Gasteiger partial charge in [-0.2, -0.15) is 0 Å². The van der Waals surface area contributed by atoms with Gasteiger partial charge in [0.25, 0.3) is 0 Å². The highest BCUT2D eigenvalue weighted by Crippen LogP contribution is 2.20. The van der Waals surface area contributed by atoms with Crippen molar-refractivity contribution in [2.75, 3.05) is 31.2 Å². The Balaban J connectivity index is 2.04.